The third-order valence-electron chi connectivity index (χ3n) is 4.35. The summed E-state index contributed by atoms with van der Waals surface area (Å²) in [4.78, 5) is 36.8. The molecule has 1 N–H and O–H groups in total. The Bertz CT molecular complexity index is 966. The van der Waals surface area contributed by atoms with Crippen LogP contribution in [-0.4, -0.2) is 30.4 Å². The highest BCUT2D eigenvalue weighted by molar-refractivity contribution is 6.42. The first kappa shape index (κ1) is 19.9. The number of carbonyl (C=O) groups excluding carboxylic acids is 2. The molecule has 1 atom stereocenters. The zero-order valence-electron chi connectivity index (χ0n) is 14.6. The molecule has 0 aliphatic carbocycles. The Kier molecular flexibility index (Phi) is 5.71. The SMILES string of the molecule is COc1cc([N+](=O)[O-])ccc1N1C[C@@H](C(=O)Nc2ccc(Cl)c(Cl)c2)CC1=O. The third kappa shape index (κ3) is 4.02. The van der Waals surface area contributed by atoms with Crippen molar-refractivity contribution in [3.63, 3.8) is 0 Å². The molecule has 3 rings (SSSR count). The van der Waals surface area contributed by atoms with E-state index in [1.54, 1.807) is 12.1 Å². The number of carbonyl (C=O) groups is 2. The smallest absolute Gasteiger partial charge is 0.273 e. The van der Waals surface area contributed by atoms with Crippen molar-refractivity contribution in [2.24, 2.45) is 5.92 Å². The van der Waals surface area contributed by atoms with Gasteiger partial charge in [-0.25, -0.2) is 0 Å². The van der Waals surface area contributed by atoms with Gasteiger partial charge in [0, 0.05) is 24.7 Å². The Morgan fingerprint density at radius 2 is 2.00 bits per heavy atom. The highest BCUT2D eigenvalue weighted by Crippen LogP contribution is 2.36. The monoisotopic (exact) mass is 423 g/mol. The second-order valence-electron chi connectivity index (χ2n) is 6.14. The van der Waals surface area contributed by atoms with Crippen molar-refractivity contribution in [3.8, 4) is 5.75 Å². The van der Waals surface area contributed by atoms with E-state index in [1.165, 1.54) is 36.3 Å². The summed E-state index contributed by atoms with van der Waals surface area (Å²) < 4.78 is 5.19. The Morgan fingerprint density at radius 1 is 1.25 bits per heavy atom. The highest BCUT2D eigenvalue weighted by atomic mass is 35.5. The van der Waals surface area contributed by atoms with Gasteiger partial charge < -0.3 is 15.0 Å². The molecule has 0 bridgehead atoms. The van der Waals surface area contributed by atoms with Gasteiger partial charge in [0.05, 0.1) is 39.8 Å². The predicted octanol–water partition coefficient (Wildman–Crippen LogP) is 3.90. The van der Waals surface area contributed by atoms with E-state index in [2.05, 4.69) is 5.32 Å². The molecule has 1 heterocycles. The van der Waals surface area contributed by atoms with E-state index in [4.69, 9.17) is 27.9 Å². The van der Waals surface area contributed by atoms with E-state index < -0.39 is 10.8 Å². The number of halogens is 2. The summed E-state index contributed by atoms with van der Waals surface area (Å²) >= 11 is 11.8. The van der Waals surface area contributed by atoms with Crippen molar-refractivity contribution in [1.29, 1.82) is 0 Å². The Morgan fingerprint density at radius 3 is 2.64 bits per heavy atom. The molecule has 0 spiro atoms. The molecule has 2 amide bonds. The van der Waals surface area contributed by atoms with Crippen LogP contribution in [0.1, 0.15) is 6.42 Å². The molecule has 0 aromatic heterocycles. The summed E-state index contributed by atoms with van der Waals surface area (Å²) in [6.45, 7) is 0.125. The summed E-state index contributed by atoms with van der Waals surface area (Å²) in [5, 5.41) is 14.3. The minimum Gasteiger partial charge on any atom is -0.494 e. The van der Waals surface area contributed by atoms with Gasteiger partial charge in [-0.15, -0.1) is 0 Å². The number of hydrogen-bond donors (Lipinski definition) is 1. The number of nitrogens with one attached hydrogen (secondary N) is 1. The van der Waals surface area contributed by atoms with Crippen molar-refractivity contribution in [1.82, 2.24) is 0 Å². The van der Waals surface area contributed by atoms with Crippen LogP contribution in [0.3, 0.4) is 0 Å². The minimum atomic E-state index is -0.596. The normalized spacial score (nSPS) is 16.2. The van der Waals surface area contributed by atoms with Gasteiger partial charge in [0.2, 0.25) is 11.8 Å². The molecule has 28 heavy (non-hydrogen) atoms. The van der Waals surface area contributed by atoms with Crippen molar-refractivity contribution in [2.45, 2.75) is 6.42 Å². The quantitative estimate of drug-likeness (QED) is 0.580. The first-order valence-corrected chi connectivity index (χ1v) is 8.94. The number of ether oxygens (including phenoxy) is 1. The average molecular weight is 424 g/mol. The Labute approximate surface area is 170 Å². The molecule has 0 saturated carbocycles. The zero-order valence-corrected chi connectivity index (χ0v) is 16.2. The van der Waals surface area contributed by atoms with Crippen molar-refractivity contribution >= 4 is 52.1 Å². The van der Waals surface area contributed by atoms with Crippen LogP contribution in [0.4, 0.5) is 17.1 Å². The number of methoxy groups -OCH3 is 1. The summed E-state index contributed by atoms with van der Waals surface area (Å²) in [6.07, 6.45) is 0.00724. The molecule has 1 aliphatic heterocycles. The van der Waals surface area contributed by atoms with Gasteiger partial charge in [-0.1, -0.05) is 23.2 Å². The number of rotatable bonds is 5. The van der Waals surface area contributed by atoms with Gasteiger partial charge in [0.1, 0.15) is 5.75 Å². The second-order valence-corrected chi connectivity index (χ2v) is 6.95. The van der Waals surface area contributed by atoms with E-state index in [9.17, 15) is 19.7 Å². The number of benzene rings is 2. The fraction of sp³-hybridized carbons (Fsp3) is 0.222. The lowest BCUT2D eigenvalue weighted by Crippen LogP contribution is -2.28. The molecule has 1 aliphatic rings. The topological polar surface area (TPSA) is 102 Å². The Hall–Kier alpha value is -2.84. The summed E-state index contributed by atoms with van der Waals surface area (Å²) in [7, 11) is 1.36. The summed E-state index contributed by atoms with van der Waals surface area (Å²) in [5.41, 5.74) is 0.697. The molecule has 0 radical (unpaired) electrons. The van der Waals surface area contributed by atoms with E-state index in [0.29, 0.717) is 21.4 Å². The average Bonchev–Trinajstić information content (AvgIpc) is 3.05. The second kappa shape index (κ2) is 8.04. The zero-order chi connectivity index (χ0) is 20.4. The number of non-ortho nitro benzene ring substituents is 1. The first-order chi connectivity index (χ1) is 13.3. The number of nitro groups is 1. The lowest BCUT2D eigenvalue weighted by atomic mass is 10.1. The largest absolute Gasteiger partial charge is 0.494 e. The number of amides is 2. The fourth-order valence-corrected chi connectivity index (χ4v) is 3.24. The number of nitrogens with zero attached hydrogens (tertiary/aromatic N) is 2. The van der Waals surface area contributed by atoms with Gasteiger partial charge in [0.15, 0.2) is 0 Å². The van der Waals surface area contributed by atoms with Crippen LogP contribution in [0.25, 0.3) is 0 Å². The maximum absolute atomic E-state index is 12.5. The number of nitro benzene ring substituents is 1. The summed E-state index contributed by atoms with van der Waals surface area (Å²) in [6, 6.07) is 8.66. The molecule has 146 valence electrons. The molecular weight excluding hydrogens is 409 g/mol. The predicted molar refractivity (Wildman–Crippen MR) is 105 cm³/mol. The lowest BCUT2D eigenvalue weighted by Gasteiger charge is -2.19. The number of hydrogen-bond acceptors (Lipinski definition) is 5. The van der Waals surface area contributed by atoms with Crippen molar-refractivity contribution < 1.29 is 19.2 Å². The van der Waals surface area contributed by atoms with Crippen molar-refractivity contribution in [2.75, 3.05) is 23.9 Å². The van der Waals surface area contributed by atoms with Crippen LogP contribution in [-0.2, 0) is 9.59 Å². The molecule has 2 aromatic carbocycles. The lowest BCUT2D eigenvalue weighted by molar-refractivity contribution is -0.384. The van der Waals surface area contributed by atoms with E-state index in [-0.39, 0.29) is 36.2 Å². The van der Waals surface area contributed by atoms with Gasteiger partial charge in [-0.3, -0.25) is 19.7 Å². The van der Waals surface area contributed by atoms with E-state index in [1.807, 2.05) is 0 Å². The van der Waals surface area contributed by atoms with Crippen LogP contribution < -0.4 is 15.0 Å². The fourth-order valence-electron chi connectivity index (χ4n) is 2.94. The van der Waals surface area contributed by atoms with Gasteiger partial charge in [-0.05, 0) is 24.3 Å². The van der Waals surface area contributed by atoms with Gasteiger partial charge in [-0.2, -0.15) is 0 Å². The van der Waals surface area contributed by atoms with Crippen LogP contribution >= 0.6 is 23.2 Å². The molecule has 1 saturated heterocycles. The van der Waals surface area contributed by atoms with E-state index >= 15 is 0 Å². The minimum absolute atomic E-state index is 0.00724. The first-order valence-electron chi connectivity index (χ1n) is 8.19. The molecule has 2 aromatic rings. The van der Waals surface area contributed by atoms with Crippen molar-refractivity contribution in [3.05, 3.63) is 56.6 Å². The third-order valence-corrected chi connectivity index (χ3v) is 5.09. The van der Waals surface area contributed by atoms with Gasteiger partial charge in [0.25, 0.3) is 5.69 Å². The number of anilines is 2. The molecule has 10 heteroatoms. The molecular formula is C18H15Cl2N3O5. The molecule has 0 unspecified atom stereocenters. The van der Waals surface area contributed by atoms with Gasteiger partial charge >= 0.3 is 0 Å². The standard InChI is InChI=1S/C18H15Cl2N3O5/c1-28-16-8-12(23(26)27)3-5-15(16)22-9-10(6-17(22)24)18(25)21-11-2-4-13(19)14(20)7-11/h2-5,7-8,10H,6,9H2,1H3,(H,21,25)/t10-/m0/s1. The van der Waals surface area contributed by atoms with E-state index in [0.717, 1.165) is 0 Å². The van der Waals surface area contributed by atoms with Crippen LogP contribution in [0.15, 0.2) is 36.4 Å². The Balaban J connectivity index is 1.77. The van der Waals surface area contributed by atoms with Crippen LogP contribution in [0.2, 0.25) is 10.0 Å². The molecule has 8 nitrogen and oxygen atoms in total. The molecule has 1 fully saturated rings. The highest BCUT2D eigenvalue weighted by Gasteiger charge is 2.36. The maximum Gasteiger partial charge on any atom is 0.273 e. The summed E-state index contributed by atoms with van der Waals surface area (Å²) in [5.74, 6) is -1.02. The van der Waals surface area contributed by atoms with Crippen LogP contribution in [0.5, 0.6) is 5.75 Å². The maximum atomic E-state index is 12.5. The van der Waals surface area contributed by atoms with Crippen LogP contribution in [0, 0.1) is 16.0 Å².